The lowest BCUT2D eigenvalue weighted by molar-refractivity contribution is 0.157. The minimum atomic E-state index is 0.633. The summed E-state index contributed by atoms with van der Waals surface area (Å²) in [4.78, 5) is 2.70. The molecule has 0 radical (unpaired) electrons. The van der Waals surface area contributed by atoms with Crippen LogP contribution in [0.1, 0.15) is 50.6 Å². The fourth-order valence-corrected chi connectivity index (χ4v) is 4.90. The molecule has 1 saturated carbocycles. The van der Waals surface area contributed by atoms with Crippen molar-refractivity contribution in [3.8, 4) is 11.5 Å². The summed E-state index contributed by atoms with van der Waals surface area (Å²) < 4.78 is 16.4. The molecule has 0 spiro atoms. The van der Waals surface area contributed by atoms with Crippen LogP contribution in [0.25, 0.3) is 11.0 Å². The molecule has 5 heteroatoms. The highest BCUT2D eigenvalue weighted by Gasteiger charge is 2.24. The highest BCUT2D eigenvalue weighted by atomic mass is 16.5. The van der Waals surface area contributed by atoms with Gasteiger partial charge in [-0.05, 0) is 75.6 Å². The number of fused-ring (bicyclic) bond motifs is 1. The molecule has 0 amide bonds. The van der Waals surface area contributed by atoms with Crippen LogP contribution in [-0.4, -0.2) is 43.9 Å². The first-order valence-corrected chi connectivity index (χ1v) is 10.5. The largest absolute Gasteiger partial charge is 0.493 e. The van der Waals surface area contributed by atoms with Crippen LogP contribution in [0, 0.1) is 11.8 Å². The molecule has 0 unspecified atom stereocenters. The van der Waals surface area contributed by atoms with Gasteiger partial charge in [0.1, 0.15) is 0 Å². The third-order valence-electron chi connectivity index (χ3n) is 6.55. The van der Waals surface area contributed by atoms with Gasteiger partial charge in [0, 0.05) is 11.9 Å². The molecule has 2 aromatic rings. The number of piperidine rings is 1. The number of benzene rings is 1. The van der Waals surface area contributed by atoms with Crippen molar-refractivity contribution in [2.45, 2.75) is 51.4 Å². The van der Waals surface area contributed by atoms with E-state index in [0.29, 0.717) is 17.1 Å². The van der Waals surface area contributed by atoms with Gasteiger partial charge in [-0.25, -0.2) is 0 Å². The van der Waals surface area contributed by atoms with E-state index in [1.165, 1.54) is 64.6 Å². The molecular formula is C22H32N2O3. The second-order valence-corrected chi connectivity index (χ2v) is 8.24. The molecule has 2 fully saturated rings. The van der Waals surface area contributed by atoms with Gasteiger partial charge in [0.15, 0.2) is 5.75 Å². The Morgan fingerprint density at radius 3 is 2.52 bits per heavy atom. The predicted molar refractivity (Wildman–Crippen MR) is 107 cm³/mol. The summed E-state index contributed by atoms with van der Waals surface area (Å²) in [7, 11) is 3.28. The van der Waals surface area contributed by atoms with Gasteiger partial charge < -0.3 is 18.9 Å². The van der Waals surface area contributed by atoms with Gasteiger partial charge in [-0.3, -0.25) is 0 Å². The van der Waals surface area contributed by atoms with Gasteiger partial charge in [0.25, 0.3) is 0 Å². The quantitative estimate of drug-likeness (QED) is 0.706. The summed E-state index contributed by atoms with van der Waals surface area (Å²) in [5, 5.41) is 5.37. The summed E-state index contributed by atoms with van der Waals surface area (Å²) in [5.74, 6) is 3.09. The number of aromatic nitrogens is 1. The molecule has 2 aliphatic rings. The van der Waals surface area contributed by atoms with Crippen molar-refractivity contribution in [3.05, 3.63) is 17.8 Å². The molecule has 0 N–H and O–H groups in total. The predicted octanol–water partition coefficient (Wildman–Crippen LogP) is 4.68. The first-order valence-electron chi connectivity index (χ1n) is 10.5. The Morgan fingerprint density at radius 2 is 1.81 bits per heavy atom. The van der Waals surface area contributed by atoms with Crippen LogP contribution in [0.2, 0.25) is 0 Å². The molecule has 4 rings (SSSR count). The van der Waals surface area contributed by atoms with Crippen LogP contribution in [0.5, 0.6) is 11.5 Å². The minimum absolute atomic E-state index is 0.633. The van der Waals surface area contributed by atoms with Crippen molar-refractivity contribution in [3.63, 3.8) is 0 Å². The number of methoxy groups -OCH3 is 2. The van der Waals surface area contributed by atoms with Gasteiger partial charge >= 0.3 is 0 Å². The highest BCUT2D eigenvalue weighted by molar-refractivity contribution is 5.87. The molecular weight excluding hydrogens is 340 g/mol. The number of rotatable bonds is 7. The number of ether oxygens (including phenoxy) is 2. The lowest BCUT2D eigenvalue weighted by atomic mass is 9.90. The maximum absolute atomic E-state index is 5.58. The van der Waals surface area contributed by atoms with Crippen LogP contribution >= 0.6 is 0 Å². The number of aryl methyl sites for hydroxylation is 1. The van der Waals surface area contributed by atoms with E-state index in [1.54, 1.807) is 14.2 Å². The number of nitrogens with zero attached hydrogens (tertiary/aromatic N) is 2. The second-order valence-electron chi connectivity index (χ2n) is 8.24. The van der Waals surface area contributed by atoms with E-state index in [2.05, 4.69) is 10.1 Å². The smallest absolute Gasteiger partial charge is 0.212 e. The van der Waals surface area contributed by atoms with Gasteiger partial charge in [0.2, 0.25) is 11.3 Å². The maximum Gasteiger partial charge on any atom is 0.212 e. The Labute approximate surface area is 162 Å². The molecule has 0 atom stereocenters. The number of likely N-dealkylation sites (tertiary alicyclic amines) is 1. The zero-order valence-electron chi connectivity index (χ0n) is 16.7. The normalized spacial score (nSPS) is 19.8. The molecule has 1 aliphatic carbocycles. The first-order chi connectivity index (χ1) is 13.3. The van der Waals surface area contributed by atoms with E-state index >= 15 is 0 Å². The Balaban J connectivity index is 1.32. The van der Waals surface area contributed by atoms with E-state index < -0.39 is 0 Å². The molecule has 1 aromatic heterocycles. The number of hydrogen-bond donors (Lipinski definition) is 0. The standard InChI is InChI=1S/C22H32N2O3/c1-25-20-10-8-18-19(23-27-21(18)22(20)26-2)9-7-16-11-13-24(14-12-16)15-17-5-3-4-6-17/h8,10,16-17H,3-7,9,11-15H2,1-2H3. The Kier molecular flexibility index (Phi) is 5.86. The lowest BCUT2D eigenvalue weighted by Gasteiger charge is -2.33. The summed E-state index contributed by atoms with van der Waals surface area (Å²) in [5.41, 5.74) is 1.73. The SMILES string of the molecule is COc1ccc2c(CCC3CCN(CC4CCCC4)CC3)noc2c1OC. The molecule has 2 heterocycles. The average Bonchev–Trinajstić information content (AvgIpc) is 3.36. The third-order valence-corrected chi connectivity index (χ3v) is 6.55. The molecule has 148 valence electrons. The fraction of sp³-hybridized carbons (Fsp3) is 0.682. The van der Waals surface area contributed by atoms with Crippen molar-refractivity contribution >= 4 is 11.0 Å². The number of hydrogen-bond acceptors (Lipinski definition) is 5. The Bertz CT molecular complexity index is 743. The van der Waals surface area contributed by atoms with E-state index in [0.717, 1.165) is 29.3 Å². The maximum atomic E-state index is 5.58. The topological polar surface area (TPSA) is 47.7 Å². The van der Waals surface area contributed by atoms with Crippen molar-refractivity contribution < 1.29 is 14.0 Å². The molecule has 27 heavy (non-hydrogen) atoms. The van der Waals surface area contributed by atoms with E-state index in [1.807, 2.05) is 12.1 Å². The van der Waals surface area contributed by atoms with E-state index in [-0.39, 0.29) is 0 Å². The van der Waals surface area contributed by atoms with Crippen molar-refractivity contribution in [2.24, 2.45) is 11.8 Å². The average molecular weight is 373 g/mol. The van der Waals surface area contributed by atoms with Crippen LogP contribution in [0.4, 0.5) is 0 Å². The van der Waals surface area contributed by atoms with Crippen molar-refractivity contribution in [2.75, 3.05) is 33.9 Å². The van der Waals surface area contributed by atoms with Gasteiger partial charge in [0.05, 0.1) is 19.9 Å². The van der Waals surface area contributed by atoms with Gasteiger partial charge in [-0.15, -0.1) is 0 Å². The zero-order valence-corrected chi connectivity index (χ0v) is 16.7. The summed E-state index contributed by atoms with van der Waals surface area (Å²) in [6, 6.07) is 3.97. The third kappa shape index (κ3) is 4.08. The van der Waals surface area contributed by atoms with E-state index in [9.17, 15) is 0 Å². The monoisotopic (exact) mass is 372 g/mol. The van der Waals surface area contributed by atoms with E-state index in [4.69, 9.17) is 14.0 Å². The van der Waals surface area contributed by atoms with Gasteiger partial charge in [-0.2, -0.15) is 0 Å². The molecule has 0 bridgehead atoms. The van der Waals surface area contributed by atoms with Crippen molar-refractivity contribution in [1.82, 2.24) is 10.1 Å². The van der Waals surface area contributed by atoms with Crippen molar-refractivity contribution in [1.29, 1.82) is 0 Å². The lowest BCUT2D eigenvalue weighted by Crippen LogP contribution is -2.36. The highest BCUT2D eigenvalue weighted by Crippen LogP contribution is 2.37. The summed E-state index contributed by atoms with van der Waals surface area (Å²) in [6.45, 7) is 3.87. The zero-order chi connectivity index (χ0) is 18.6. The van der Waals surface area contributed by atoms with Crippen LogP contribution in [-0.2, 0) is 6.42 Å². The summed E-state index contributed by atoms with van der Waals surface area (Å²) >= 11 is 0. The second kappa shape index (κ2) is 8.51. The Hall–Kier alpha value is -1.75. The van der Waals surface area contributed by atoms with Crippen LogP contribution in [0.3, 0.4) is 0 Å². The Morgan fingerprint density at radius 1 is 1.04 bits per heavy atom. The molecule has 1 aliphatic heterocycles. The fourth-order valence-electron chi connectivity index (χ4n) is 4.90. The van der Waals surface area contributed by atoms with Crippen LogP contribution in [0.15, 0.2) is 16.7 Å². The molecule has 1 saturated heterocycles. The molecule has 5 nitrogen and oxygen atoms in total. The first kappa shape index (κ1) is 18.6. The summed E-state index contributed by atoms with van der Waals surface area (Å²) in [6.07, 6.45) is 10.6. The van der Waals surface area contributed by atoms with Gasteiger partial charge in [-0.1, -0.05) is 18.0 Å². The minimum Gasteiger partial charge on any atom is -0.493 e. The van der Waals surface area contributed by atoms with Crippen LogP contribution < -0.4 is 9.47 Å². The molecule has 1 aromatic carbocycles.